The molecule has 0 amide bonds. The van der Waals surface area contributed by atoms with Gasteiger partial charge in [0, 0.05) is 0 Å². The lowest BCUT2D eigenvalue weighted by Crippen LogP contribution is -1.85. The molecule has 0 saturated heterocycles. The summed E-state index contributed by atoms with van der Waals surface area (Å²) in [4.78, 5) is 0. The minimum Gasteiger partial charge on any atom is -0.398 e. The first-order valence-corrected chi connectivity index (χ1v) is 3.01. The summed E-state index contributed by atoms with van der Waals surface area (Å²) in [5, 5.41) is 0.570. The summed E-state index contributed by atoms with van der Waals surface area (Å²) in [6.07, 6.45) is 0. The Morgan fingerprint density at radius 2 is 2.33 bits per heavy atom. The largest absolute Gasteiger partial charge is 0.398 e. The zero-order valence-electron chi connectivity index (χ0n) is 5.11. The Bertz CT molecular complexity index is 220. The summed E-state index contributed by atoms with van der Waals surface area (Å²) in [6.45, 7) is 1.92. The monoisotopic (exact) mass is 140 g/mol. The van der Waals surface area contributed by atoms with Gasteiger partial charge in [0.1, 0.15) is 0 Å². The maximum Gasteiger partial charge on any atom is 0.0641 e. The van der Waals surface area contributed by atoms with E-state index in [2.05, 4.69) is 6.07 Å². The van der Waals surface area contributed by atoms with Gasteiger partial charge < -0.3 is 5.73 Å². The first-order valence-electron chi connectivity index (χ1n) is 2.63. The second kappa shape index (κ2) is 2.28. The summed E-state index contributed by atoms with van der Waals surface area (Å²) in [6, 6.07) is 6.40. The molecule has 1 aromatic carbocycles. The van der Waals surface area contributed by atoms with Gasteiger partial charge in [-0.25, -0.2) is 0 Å². The summed E-state index contributed by atoms with van der Waals surface area (Å²) >= 11 is 5.62. The van der Waals surface area contributed by atoms with E-state index in [1.54, 1.807) is 12.1 Å². The van der Waals surface area contributed by atoms with E-state index in [4.69, 9.17) is 17.3 Å². The van der Waals surface area contributed by atoms with Gasteiger partial charge in [-0.05, 0) is 30.7 Å². The molecule has 0 unspecified atom stereocenters. The van der Waals surface area contributed by atoms with Crippen molar-refractivity contribution >= 4 is 17.3 Å². The molecule has 1 aromatic rings. The maximum absolute atomic E-state index is 5.62. The molecule has 1 nitrogen and oxygen atoms in total. The Kier molecular flexibility index (Phi) is 1.63. The molecular weight excluding hydrogens is 134 g/mol. The molecule has 0 aliphatic rings. The lowest BCUT2D eigenvalue weighted by molar-refractivity contribution is 1.46. The van der Waals surface area contributed by atoms with Crippen LogP contribution in [0.3, 0.4) is 0 Å². The molecule has 2 N–H and O–H groups in total. The van der Waals surface area contributed by atoms with Crippen LogP contribution in [0.5, 0.6) is 0 Å². The summed E-state index contributed by atoms with van der Waals surface area (Å²) in [5.41, 5.74) is 7.10. The number of hydrogen-bond donors (Lipinski definition) is 1. The van der Waals surface area contributed by atoms with Gasteiger partial charge in [0.05, 0.1) is 10.7 Å². The molecule has 9 heavy (non-hydrogen) atoms. The Hall–Kier alpha value is -0.690. The van der Waals surface area contributed by atoms with Gasteiger partial charge in [-0.15, -0.1) is 0 Å². The number of halogens is 1. The molecule has 0 heterocycles. The molecule has 1 radical (unpaired) electrons. The fourth-order valence-corrected chi connectivity index (χ4v) is 0.714. The quantitative estimate of drug-likeness (QED) is 0.549. The van der Waals surface area contributed by atoms with Crippen molar-refractivity contribution in [2.45, 2.75) is 6.92 Å². The minimum atomic E-state index is 0.570. The van der Waals surface area contributed by atoms with E-state index in [0.29, 0.717) is 10.7 Å². The Morgan fingerprint density at radius 3 is 2.78 bits per heavy atom. The molecule has 0 spiro atoms. The molecule has 0 bridgehead atoms. The smallest absolute Gasteiger partial charge is 0.0641 e. The van der Waals surface area contributed by atoms with Crippen LogP contribution in [-0.2, 0) is 0 Å². The van der Waals surface area contributed by atoms with Crippen LogP contribution in [0.1, 0.15) is 5.56 Å². The normalized spacial score (nSPS) is 9.56. The first-order chi connectivity index (χ1) is 4.20. The average Bonchev–Trinajstić information content (AvgIpc) is 1.80. The minimum absolute atomic E-state index is 0.570. The van der Waals surface area contributed by atoms with Crippen molar-refractivity contribution < 1.29 is 0 Å². The molecule has 2 heteroatoms. The van der Waals surface area contributed by atoms with Crippen LogP contribution in [0.2, 0.25) is 5.02 Å². The third kappa shape index (κ3) is 1.36. The molecule has 1 rings (SSSR count). The highest BCUT2D eigenvalue weighted by Gasteiger charge is 1.92. The van der Waals surface area contributed by atoms with Crippen LogP contribution in [-0.4, -0.2) is 0 Å². The van der Waals surface area contributed by atoms with E-state index in [1.165, 1.54) is 0 Å². The van der Waals surface area contributed by atoms with Gasteiger partial charge in [-0.3, -0.25) is 0 Å². The summed E-state index contributed by atoms with van der Waals surface area (Å²) < 4.78 is 0. The molecular formula is C7H7ClN. The zero-order chi connectivity index (χ0) is 6.85. The predicted molar refractivity (Wildman–Crippen MR) is 39.4 cm³/mol. The highest BCUT2D eigenvalue weighted by Crippen LogP contribution is 2.17. The van der Waals surface area contributed by atoms with Gasteiger partial charge in [0.25, 0.3) is 0 Å². The summed E-state index contributed by atoms with van der Waals surface area (Å²) in [7, 11) is 0. The van der Waals surface area contributed by atoms with Crippen LogP contribution in [0.25, 0.3) is 0 Å². The second-order valence-corrected chi connectivity index (χ2v) is 2.33. The van der Waals surface area contributed by atoms with Crippen molar-refractivity contribution in [1.82, 2.24) is 0 Å². The number of aryl methyl sites for hydroxylation is 1. The van der Waals surface area contributed by atoms with E-state index in [-0.39, 0.29) is 0 Å². The number of nitrogen functional groups attached to an aromatic ring is 1. The number of rotatable bonds is 0. The van der Waals surface area contributed by atoms with E-state index in [1.807, 2.05) is 6.92 Å². The standard InChI is InChI=1S/C7H7ClN/c1-5-2-3-6(8)7(9)4-5/h3-4H,9H2,1H3. The fraction of sp³-hybridized carbons (Fsp3) is 0.143. The summed E-state index contributed by atoms with van der Waals surface area (Å²) in [5.74, 6) is 0. The van der Waals surface area contributed by atoms with Crippen molar-refractivity contribution in [1.29, 1.82) is 0 Å². The van der Waals surface area contributed by atoms with Crippen molar-refractivity contribution in [3.8, 4) is 0 Å². The third-order valence-electron chi connectivity index (χ3n) is 1.07. The number of anilines is 1. The number of hydrogen-bond acceptors (Lipinski definition) is 1. The Labute approximate surface area is 59.4 Å². The van der Waals surface area contributed by atoms with Crippen molar-refractivity contribution in [3.63, 3.8) is 0 Å². The molecule has 0 atom stereocenters. The van der Waals surface area contributed by atoms with Crippen molar-refractivity contribution in [2.75, 3.05) is 5.73 Å². The van der Waals surface area contributed by atoms with Crippen molar-refractivity contribution in [2.24, 2.45) is 0 Å². The molecule has 0 aromatic heterocycles. The van der Waals surface area contributed by atoms with Crippen molar-refractivity contribution in [3.05, 3.63) is 28.8 Å². The Balaban J connectivity index is 3.17. The second-order valence-electron chi connectivity index (χ2n) is 1.92. The average molecular weight is 141 g/mol. The van der Waals surface area contributed by atoms with Crippen LogP contribution in [0.15, 0.2) is 12.1 Å². The van der Waals surface area contributed by atoms with Crippen LogP contribution in [0.4, 0.5) is 5.69 Å². The lowest BCUT2D eigenvalue weighted by atomic mass is 10.2. The molecule has 0 aliphatic carbocycles. The SMILES string of the molecule is Cc1[c]cc(Cl)c(N)c1. The van der Waals surface area contributed by atoms with Gasteiger partial charge in [0.2, 0.25) is 0 Å². The predicted octanol–water partition coefficient (Wildman–Crippen LogP) is 2.03. The maximum atomic E-state index is 5.62. The molecule has 0 saturated carbocycles. The third-order valence-corrected chi connectivity index (χ3v) is 1.40. The van der Waals surface area contributed by atoms with Gasteiger partial charge in [-0.1, -0.05) is 11.6 Å². The highest BCUT2D eigenvalue weighted by molar-refractivity contribution is 6.33. The molecule has 47 valence electrons. The zero-order valence-corrected chi connectivity index (χ0v) is 5.87. The number of nitrogens with two attached hydrogens (primary N) is 1. The highest BCUT2D eigenvalue weighted by atomic mass is 35.5. The van der Waals surface area contributed by atoms with Gasteiger partial charge >= 0.3 is 0 Å². The van der Waals surface area contributed by atoms with E-state index in [0.717, 1.165) is 5.56 Å². The molecule has 0 aliphatic heterocycles. The van der Waals surface area contributed by atoms with Gasteiger partial charge in [-0.2, -0.15) is 0 Å². The Morgan fingerprint density at radius 1 is 1.67 bits per heavy atom. The first kappa shape index (κ1) is 6.43. The van der Waals surface area contributed by atoms with Gasteiger partial charge in [0.15, 0.2) is 0 Å². The van der Waals surface area contributed by atoms with E-state index < -0.39 is 0 Å². The van der Waals surface area contributed by atoms with Crippen LogP contribution in [0, 0.1) is 13.0 Å². The lowest BCUT2D eigenvalue weighted by Gasteiger charge is -1.95. The number of benzene rings is 1. The van der Waals surface area contributed by atoms with E-state index in [9.17, 15) is 0 Å². The van der Waals surface area contributed by atoms with E-state index >= 15 is 0 Å². The van der Waals surface area contributed by atoms with Crippen LogP contribution < -0.4 is 5.73 Å². The van der Waals surface area contributed by atoms with Crippen LogP contribution >= 0.6 is 11.6 Å². The molecule has 0 fully saturated rings. The fourth-order valence-electron chi connectivity index (χ4n) is 0.604. The topological polar surface area (TPSA) is 26.0 Å².